The Balaban J connectivity index is 2.11. The first-order chi connectivity index (χ1) is 19.8. The van der Waals surface area contributed by atoms with Crippen LogP contribution in [-0.2, 0) is 35.2 Å². The van der Waals surface area contributed by atoms with E-state index in [4.69, 9.17) is 22.9 Å². The van der Waals surface area contributed by atoms with Crippen LogP contribution < -0.4 is 38.9 Å². The zero-order chi connectivity index (χ0) is 31.4. The topological polar surface area (TPSA) is 311 Å². The van der Waals surface area contributed by atoms with Crippen LogP contribution in [0.5, 0.6) is 0 Å². The Morgan fingerprint density at radius 1 is 0.857 bits per heavy atom. The van der Waals surface area contributed by atoms with Gasteiger partial charge in [0.15, 0.2) is 5.96 Å². The number of aliphatic imine (C=N–C) groups is 1. The number of carbonyl (C=O) groups is 6. The predicted octanol–water partition coefficient (Wildman–Crippen LogP) is -3.02. The zero-order valence-corrected chi connectivity index (χ0v) is 22.5. The van der Waals surface area contributed by atoms with Gasteiger partial charge in [-0.3, -0.25) is 29.0 Å². The van der Waals surface area contributed by atoms with Crippen molar-refractivity contribution in [2.24, 2.45) is 27.9 Å². The van der Waals surface area contributed by atoms with Crippen LogP contribution in [0.3, 0.4) is 0 Å². The molecule has 4 amide bonds. The number of aromatic nitrogens is 1. The molecular formula is C25H35N9O8. The van der Waals surface area contributed by atoms with Crippen LogP contribution in [0.1, 0.15) is 31.2 Å². The normalized spacial score (nSPS) is 13.6. The van der Waals surface area contributed by atoms with Crippen LogP contribution >= 0.6 is 0 Å². The summed E-state index contributed by atoms with van der Waals surface area (Å²) < 4.78 is 0. The Hall–Kier alpha value is -5.19. The Labute approximate surface area is 239 Å². The predicted molar refractivity (Wildman–Crippen MR) is 149 cm³/mol. The first kappa shape index (κ1) is 33.0. The van der Waals surface area contributed by atoms with Gasteiger partial charge in [-0.15, -0.1) is 0 Å². The quantitative estimate of drug-likeness (QED) is 0.0503. The number of H-pyrrole nitrogens is 1. The Morgan fingerprint density at radius 2 is 1.45 bits per heavy atom. The number of carbonyl (C=O) groups excluding carboxylic acids is 4. The van der Waals surface area contributed by atoms with Gasteiger partial charge in [-0.05, 0) is 30.9 Å². The van der Waals surface area contributed by atoms with Crippen molar-refractivity contribution in [3.63, 3.8) is 0 Å². The summed E-state index contributed by atoms with van der Waals surface area (Å²) in [5.74, 6) is -7.13. The number of hydrogen-bond acceptors (Lipinski definition) is 8. The highest BCUT2D eigenvalue weighted by Crippen LogP contribution is 2.18. The molecular weight excluding hydrogens is 554 g/mol. The van der Waals surface area contributed by atoms with Crippen LogP contribution in [0.4, 0.5) is 0 Å². The molecule has 0 saturated carbocycles. The highest BCUT2D eigenvalue weighted by molar-refractivity contribution is 5.97. The molecule has 1 heterocycles. The highest BCUT2D eigenvalue weighted by Gasteiger charge is 2.32. The molecule has 0 aliphatic heterocycles. The van der Waals surface area contributed by atoms with Crippen molar-refractivity contribution in [3.8, 4) is 0 Å². The van der Waals surface area contributed by atoms with Crippen molar-refractivity contribution in [1.29, 1.82) is 0 Å². The van der Waals surface area contributed by atoms with Crippen LogP contribution in [0.15, 0.2) is 35.5 Å². The SMILES string of the molecule is NC(=O)CC(NC(=O)C(CC(=O)O)NC(=O)C(N)Cc1c[nH]c2ccccc12)C(=O)NC(CCCN=C(N)N)C(=O)O. The Bertz CT molecular complexity index is 1340. The summed E-state index contributed by atoms with van der Waals surface area (Å²) >= 11 is 0. The molecule has 0 aliphatic carbocycles. The fourth-order valence-electron chi connectivity index (χ4n) is 4.01. The van der Waals surface area contributed by atoms with Gasteiger partial charge in [-0.1, -0.05) is 18.2 Å². The minimum atomic E-state index is -1.69. The molecule has 0 saturated heterocycles. The fraction of sp³-hybridized carbons (Fsp3) is 0.400. The van der Waals surface area contributed by atoms with E-state index in [0.29, 0.717) is 0 Å². The van der Waals surface area contributed by atoms with Crippen LogP contribution in [-0.4, -0.2) is 87.4 Å². The molecule has 1 aromatic carbocycles. The number of aromatic amines is 1. The van der Waals surface area contributed by atoms with Crippen molar-refractivity contribution in [2.75, 3.05) is 6.54 Å². The average Bonchev–Trinajstić information content (AvgIpc) is 3.31. The van der Waals surface area contributed by atoms with Crippen LogP contribution in [0.25, 0.3) is 10.9 Å². The molecule has 0 radical (unpaired) electrons. The summed E-state index contributed by atoms with van der Waals surface area (Å²) in [6.45, 7) is 0.0858. The lowest BCUT2D eigenvalue weighted by atomic mass is 10.0. The largest absolute Gasteiger partial charge is 0.481 e. The van der Waals surface area contributed by atoms with Gasteiger partial charge in [0.25, 0.3) is 0 Å². The van der Waals surface area contributed by atoms with Crippen molar-refractivity contribution in [1.82, 2.24) is 20.9 Å². The van der Waals surface area contributed by atoms with Crippen molar-refractivity contribution < 1.29 is 39.0 Å². The molecule has 14 N–H and O–H groups in total. The smallest absolute Gasteiger partial charge is 0.326 e. The third kappa shape index (κ3) is 10.4. The maximum Gasteiger partial charge on any atom is 0.326 e. The lowest BCUT2D eigenvalue weighted by molar-refractivity contribution is -0.143. The van der Waals surface area contributed by atoms with Gasteiger partial charge in [-0.25, -0.2) is 4.79 Å². The van der Waals surface area contributed by atoms with E-state index >= 15 is 0 Å². The minimum Gasteiger partial charge on any atom is -0.481 e. The number of nitrogens with zero attached hydrogens (tertiary/aromatic N) is 1. The van der Waals surface area contributed by atoms with E-state index in [1.807, 2.05) is 24.3 Å². The van der Waals surface area contributed by atoms with E-state index in [-0.39, 0.29) is 31.8 Å². The molecule has 0 fully saturated rings. The van der Waals surface area contributed by atoms with Crippen LogP contribution in [0.2, 0.25) is 0 Å². The second-order valence-electron chi connectivity index (χ2n) is 9.41. The molecule has 0 aliphatic rings. The van der Waals surface area contributed by atoms with Gasteiger partial charge >= 0.3 is 11.9 Å². The number of hydrogen-bond donors (Lipinski definition) is 10. The summed E-state index contributed by atoms with van der Waals surface area (Å²) in [5.41, 5.74) is 23.2. The molecule has 0 spiro atoms. The number of carboxylic acid groups (broad SMARTS) is 2. The van der Waals surface area contributed by atoms with E-state index in [1.165, 1.54) is 0 Å². The van der Waals surface area contributed by atoms with Crippen molar-refractivity contribution in [3.05, 3.63) is 36.0 Å². The van der Waals surface area contributed by atoms with Crippen LogP contribution in [0, 0.1) is 0 Å². The monoisotopic (exact) mass is 589 g/mol. The second-order valence-corrected chi connectivity index (χ2v) is 9.41. The molecule has 4 unspecified atom stereocenters. The Kier molecular flexibility index (Phi) is 12.2. The standard InChI is InChI=1S/C25H35N9O8/c26-14(8-12-11-31-15-5-2-1-4-13(12)15)21(38)33-18(10-20(36)37)23(40)34-17(9-19(27)35)22(39)32-16(24(41)42)6-3-7-30-25(28)29/h1-2,4-5,11,14,16-18,31H,3,6-10,26H2,(H2,27,35)(H,32,39)(H,33,38)(H,34,40)(H,36,37)(H,41,42)(H4,28,29,30). The number of benzene rings is 1. The van der Waals surface area contributed by atoms with Gasteiger partial charge in [0.1, 0.15) is 18.1 Å². The number of fused-ring (bicyclic) bond motifs is 1. The number of primary amides is 1. The number of nitrogens with two attached hydrogens (primary N) is 4. The molecule has 4 atom stereocenters. The van der Waals surface area contributed by atoms with E-state index in [0.717, 1.165) is 16.5 Å². The summed E-state index contributed by atoms with van der Waals surface area (Å²) in [4.78, 5) is 80.1. The van der Waals surface area contributed by atoms with Gasteiger partial charge in [-0.2, -0.15) is 0 Å². The average molecular weight is 590 g/mol. The van der Waals surface area contributed by atoms with Gasteiger partial charge in [0.05, 0.1) is 18.9 Å². The zero-order valence-electron chi connectivity index (χ0n) is 22.5. The number of para-hydroxylation sites is 1. The Morgan fingerprint density at radius 3 is 2.05 bits per heavy atom. The van der Waals surface area contributed by atoms with Gasteiger partial charge in [0, 0.05) is 23.6 Å². The lowest BCUT2D eigenvalue weighted by Gasteiger charge is -2.24. The van der Waals surface area contributed by atoms with Crippen molar-refractivity contribution >= 4 is 52.4 Å². The molecule has 42 heavy (non-hydrogen) atoms. The maximum absolute atomic E-state index is 13.0. The van der Waals surface area contributed by atoms with E-state index < -0.39 is 72.6 Å². The first-order valence-electron chi connectivity index (χ1n) is 12.8. The molecule has 0 bridgehead atoms. The number of aliphatic carboxylic acids is 2. The van der Waals surface area contributed by atoms with E-state index in [1.54, 1.807) is 6.20 Å². The number of nitrogens with one attached hydrogen (secondary N) is 4. The number of amides is 4. The third-order valence-electron chi connectivity index (χ3n) is 6.06. The first-order valence-corrected chi connectivity index (χ1v) is 12.8. The molecule has 1 aromatic heterocycles. The van der Waals surface area contributed by atoms with E-state index in [9.17, 15) is 39.0 Å². The highest BCUT2D eigenvalue weighted by atomic mass is 16.4. The maximum atomic E-state index is 13.0. The molecule has 17 nitrogen and oxygen atoms in total. The molecule has 2 aromatic rings. The summed E-state index contributed by atoms with van der Waals surface area (Å²) in [6, 6.07) is 1.32. The molecule has 17 heteroatoms. The minimum absolute atomic E-state index is 0.0593. The lowest BCUT2D eigenvalue weighted by Crippen LogP contribution is -2.58. The molecule has 228 valence electrons. The van der Waals surface area contributed by atoms with E-state index in [2.05, 4.69) is 25.9 Å². The third-order valence-corrected chi connectivity index (χ3v) is 6.06. The number of rotatable bonds is 17. The second kappa shape index (κ2) is 15.6. The van der Waals surface area contributed by atoms with Gasteiger partial charge in [0.2, 0.25) is 23.6 Å². The van der Waals surface area contributed by atoms with Gasteiger partial charge < -0.3 is 54.1 Å². The summed E-state index contributed by atoms with van der Waals surface area (Å²) in [7, 11) is 0. The summed E-state index contributed by atoms with van der Waals surface area (Å²) in [6.07, 6.45) is 0.187. The van der Waals surface area contributed by atoms with Crippen molar-refractivity contribution in [2.45, 2.75) is 56.3 Å². The fourth-order valence-corrected chi connectivity index (χ4v) is 4.01. The number of carboxylic acids is 2. The molecule has 2 rings (SSSR count). The summed E-state index contributed by atoms with van der Waals surface area (Å²) in [5, 5.41) is 26.2. The number of guanidine groups is 1.